The number of amides is 1. The maximum atomic E-state index is 12.6. The summed E-state index contributed by atoms with van der Waals surface area (Å²) in [5.41, 5.74) is 2.70. The smallest absolute Gasteiger partial charge is 0.251 e. The molecule has 1 atom stereocenters. The molecule has 3 rings (SSSR count). The average Bonchev–Trinajstić information content (AvgIpc) is 3.19. The molecular weight excluding hydrogens is 330 g/mol. The third kappa shape index (κ3) is 4.24. The summed E-state index contributed by atoms with van der Waals surface area (Å²) in [4.78, 5) is 12.6. The van der Waals surface area contributed by atoms with Crippen molar-refractivity contribution in [1.29, 1.82) is 0 Å². The Hall–Kier alpha value is -3.22. The second-order valence-electron chi connectivity index (χ2n) is 5.91. The number of rotatable bonds is 7. The average molecular weight is 351 g/mol. The molecule has 1 unspecified atom stereocenters. The molecule has 0 fully saturated rings. The Morgan fingerprint density at radius 2 is 1.88 bits per heavy atom. The normalized spacial score (nSPS) is 11.8. The van der Waals surface area contributed by atoms with E-state index in [4.69, 9.17) is 4.74 Å². The van der Waals surface area contributed by atoms with Gasteiger partial charge in [0.25, 0.3) is 5.91 Å². The Kier molecular flexibility index (Phi) is 5.58. The lowest BCUT2D eigenvalue weighted by molar-refractivity contribution is 0.0935. The van der Waals surface area contributed by atoms with Crippen LogP contribution < -0.4 is 10.1 Å². The minimum atomic E-state index is -0.0957. The van der Waals surface area contributed by atoms with Crippen LogP contribution in [-0.4, -0.2) is 33.2 Å². The second kappa shape index (κ2) is 8.24. The van der Waals surface area contributed by atoms with Crippen LogP contribution in [0.3, 0.4) is 0 Å². The van der Waals surface area contributed by atoms with E-state index in [0.29, 0.717) is 12.1 Å². The number of ether oxygens (including phenoxy) is 1. The molecule has 0 aliphatic heterocycles. The topological polar surface area (TPSA) is 81.9 Å². The van der Waals surface area contributed by atoms with Crippen molar-refractivity contribution in [3.8, 4) is 5.75 Å². The molecule has 2 aromatic carbocycles. The fourth-order valence-corrected chi connectivity index (χ4v) is 2.70. The summed E-state index contributed by atoms with van der Waals surface area (Å²) in [5.74, 6) is 0.703. The largest absolute Gasteiger partial charge is 0.497 e. The number of tetrazole rings is 1. The number of nitrogens with zero attached hydrogens (tertiary/aromatic N) is 4. The summed E-state index contributed by atoms with van der Waals surface area (Å²) in [7, 11) is 1.64. The van der Waals surface area contributed by atoms with Gasteiger partial charge >= 0.3 is 0 Å². The molecule has 0 aliphatic rings. The van der Waals surface area contributed by atoms with E-state index < -0.39 is 0 Å². The third-order valence-corrected chi connectivity index (χ3v) is 4.18. The number of hydrogen-bond acceptors (Lipinski definition) is 5. The quantitative estimate of drug-likeness (QED) is 0.707. The van der Waals surface area contributed by atoms with E-state index >= 15 is 0 Å². The van der Waals surface area contributed by atoms with Gasteiger partial charge in [0.05, 0.1) is 19.7 Å². The molecule has 0 aliphatic carbocycles. The van der Waals surface area contributed by atoms with E-state index in [2.05, 4.69) is 20.8 Å². The van der Waals surface area contributed by atoms with E-state index in [-0.39, 0.29) is 11.9 Å². The number of carbonyl (C=O) groups excluding carboxylic acids is 1. The van der Waals surface area contributed by atoms with E-state index in [0.717, 1.165) is 23.3 Å². The van der Waals surface area contributed by atoms with Crippen LogP contribution in [0.4, 0.5) is 0 Å². The summed E-state index contributed by atoms with van der Waals surface area (Å²) in [6, 6.07) is 15.1. The standard InChI is InChI=1S/C19H21N5O2/c1-3-18(15-8-10-17(26-2)11-9-15)21-19(25)16-6-4-14(5-7-16)12-24-13-20-22-23-24/h4-11,13,18H,3,12H2,1-2H3,(H,21,25). The fourth-order valence-electron chi connectivity index (χ4n) is 2.70. The first-order chi connectivity index (χ1) is 12.7. The first-order valence-electron chi connectivity index (χ1n) is 8.44. The number of carbonyl (C=O) groups is 1. The third-order valence-electron chi connectivity index (χ3n) is 4.18. The Labute approximate surface area is 152 Å². The predicted molar refractivity (Wildman–Crippen MR) is 96.9 cm³/mol. The molecule has 1 aromatic heterocycles. The lowest BCUT2D eigenvalue weighted by Gasteiger charge is -2.18. The maximum absolute atomic E-state index is 12.6. The number of hydrogen-bond donors (Lipinski definition) is 1. The van der Waals surface area contributed by atoms with Crippen LogP contribution >= 0.6 is 0 Å². The summed E-state index contributed by atoms with van der Waals surface area (Å²) in [5, 5.41) is 14.1. The molecule has 134 valence electrons. The molecule has 26 heavy (non-hydrogen) atoms. The number of nitrogens with one attached hydrogen (secondary N) is 1. The van der Waals surface area contributed by atoms with Gasteiger partial charge < -0.3 is 10.1 Å². The second-order valence-corrected chi connectivity index (χ2v) is 5.91. The SMILES string of the molecule is CCC(NC(=O)c1ccc(Cn2cnnn2)cc1)c1ccc(OC)cc1. The molecule has 0 radical (unpaired) electrons. The Balaban J connectivity index is 1.65. The minimum absolute atomic E-state index is 0.0469. The number of aromatic nitrogens is 4. The molecule has 0 saturated carbocycles. The van der Waals surface area contributed by atoms with Crippen molar-refractivity contribution in [3.63, 3.8) is 0 Å². The summed E-state index contributed by atoms with van der Waals surface area (Å²) < 4.78 is 6.81. The van der Waals surface area contributed by atoms with Gasteiger partial charge in [-0.15, -0.1) is 5.10 Å². The summed E-state index contributed by atoms with van der Waals surface area (Å²) >= 11 is 0. The van der Waals surface area contributed by atoms with Crippen molar-refractivity contribution in [2.45, 2.75) is 25.9 Å². The molecule has 7 nitrogen and oxygen atoms in total. The van der Waals surface area contributed by atoms with Gasteiger partial charge in [-0.1, -0.05) is 31.2 Å². The van der Waals surface area contributed by atoms with Gasteiger partial charge in [0.2, 0.25) is 0 Å². The van der Waals surface area contributed by atoms with Gasteiger partial charge in [-0.05, 0) is 52.2 Å². The van der Waals surface area contributed by atoms with Crippen LogP contribution in [-0.2, 0) is 6.54 Å². The van der Waals surface area contributed by atoms with Gasteiger partial charge in [-0.2, -0.15) is 0 Å². The van der Waals surface area contributed by atoms with Gasteiger partial charge in [-0.25, -0.2) is 4.68 Å². The van der Waals surface area contributed by atoms with Crippen molar-refractivity contribution in [3.05, 3.63) is 71.5 Å². The zero-order valence-corrected chi connectivity index (χ0v) is 14.8. The van der Waals surface area contributed by atoms with Crippen molar-refractivity contribution in [2.24, 2.45) is 0 Å². The molecule has 7 heteroatoms. The summed E-state index contributed by atoms with van der Waals surface area (Å²) in [6.07, 6.45) is 2.36. The monoisotopic (exact) mass is 351 g/mol. The van der Waals surface area contributed by atoms with Crippen molar-refractivity contribution < 1.29 is 9.53 Å². The van der Waals surface area contributed by atoms with E-state index in [9.17, 15) is 4.79 Å². The lowest BCUT2D eigenvalue weighted by atomic mass is 10.0. The summed E-state index contributed by atoms with van der Waals surface area (Å²) in [6.45, 7) is 2.61. The van der Waals surface area contributed by atoms with Crippen LogP contribution in [0, 0.1) is 0 Å². The highest BCUT2D eigenvalue weighted by atomic mass is 16.5. The van der Waals surface area contributed by atoms with Crippen molar-refractivity contribution >= 4 is 5.91 Å². The Bertz CT molecular complexity index is 829. The molecule has 0 saturated heterocycles. The molecule has 0 bridgehead atoms. The first-order valence-corrected chi connectivity index (χ1v) is 8.44. The highest BCUT2D eigenvalue weighted by Crippen LogP contribution is 2.20. The maximum Gasteiger partial charge on any atom is 0.251 e. The molecule has 1 heterocycles. The highest BCUT2D eigenvalue weighted by molar-refractivity contribution is 5.94. The zero-order valence-electron chi connectivity index (χ0n) is 14.8. The van der Waals surface area contributed by atoms with Crippen LogP contribution in [0.25, 0.3) is 0 Å². The lowest BCUT2D eigenvalue weighted by Crippen LogP contribution is -2.28. The predicted octanol–water partition coefficient (Wildman–Crippen LogP) is 2.61. The van der Waals surface area contributed by atoms with Gasteiger partial charge in [0.15, 0.2) is 0 Å². The van der Waals surface area contributed by atoms with Crippen LogP contribution in [0.2, 0.25) is 0 Å². The Morgan fingerprint density at radius 1 is 1.15 bits per heavy atom. The van der Waals surface area contributed by atoms with Crippen LogP contribution in [0.5, 0.6) is 5.75 Å². The fraction of sp³-hybridized carbons (Fsp3) is 0.263. The first kappa shape index (κ1) is 17.6. The van der Waals surface area contributed by atoms with E-state index in [1.165, 1.54) is 0 Å². The van der Waals surface area contributed by atoms with Gasteiger partial charge in [0, 0.05) is 5.56 Å². The zero-order chi connectivity index (χ0) is 18.4. The van der Waals surface area contributed by atoms with Crippen molar-refractivity contribution in [2.75, 3.05) is 7.11 Å². The van der Waals surface area contributed by atoms with Crippen LogP contribution in [0.1, 0.15) is 40.9 Å². The van der Waals surface area contributed by atoms with E-state index in [1.807, 2.05) is 55.5 Å². The molecule has 3 aromatic rings. The number of benzene rings is 2. The van der Waals surface area contributed by atoms with Gasteiger partial charge in [0.1, 0.15) is 12.1 Å². The number of methoxy groups -OCH3 is 1. The van der Waals surface area contributed by atoms with Crippen molar-refractivity contribution in [1.82, 2.24) is 25.5 Å². The highest BCUT2D eigenvalue weighted by Gasteiger charge is 2.14. The molecule has 1 N–H and O–H groups in total. The molecule has 1 amide bonds. The van der Waals surface area contributed by atoms with Crippen LogP contribution in [0.15, 0.2) is 54.9 Å². The molecular formula is C19H21N5O2. The molecule has 0 spiro atoms. The Morgan fingerprint density at radius 3 is 2.46 bits per heavy atom. The van der Waals surface area contributed by atoms with E-state index in [1.54, 1.807) is 18.1 Å². The van der Waals surface area contributed by atoms with Gasteiger partial charge in [-0.3, -0.25) is 4.79 Å². The minimum Gasteiger partial charge on any atom is -0.497 e.